The van der Waals surface area contributed by atoms with Crippen molar-refractivity contribution in [2.45, 2.75) is 23.9 Å². The average molecular weight is 192 g/mol. The number of rotatable bonds is 1. The number of aromatic nitrogens is 1. The standard InChI is InChI=1S/C9H8N2OS/c10-5-6-1-4-8(12)11(9(6)13)7-2-3-7/h1,4,7,13H,2-3H2. The molecule has 0 aliphatic heterocycles. The lowest BCUT2D eigenvalue weighted by Crippen LogP contribution is -2.19. The zero-order valence-electron chi connectivity index (χ0n) is 6.90. The number of nitriles is 1. The van der Waals surface area contributed by atoms with Crippen LogP contribution in [-0.4, -0.2) is 4.57 Å². The summed E-state index contributed by atoms with van der Waals surface area (Å²) in [5, 5.41) is 9.22. The van der Waals surface area contributed by atoms with Gasteiger partial charge in [-0.2, -0.15) is 5.26 Å². The lowest BCUT2D eigenvalue weighted by Gasteiger charge is -2.07. The van der Waals surface area contributed by atoms with Crippen LogP contribution >= 0.6 is 12.6 Å². The first-order valence-corrected chi connectivity index (χ1v) is 4.53. The smallest absolute Gasteiger partial charge is 0.251 e. The fourth-order valence-corrected chi connectivity index (χ4v) is 1.70. The summed E-state index contributed by atoms with van der Waals surface area (Å²) in [5.41, 5.74) is 0.404. The molecule has 1 fully saturated rings. The second-order valence-electron chi connectivity index (χ2n) is 3.12. The van der Waals surface area contributed by atoms with Gasteiger partial charge in [-0.1, -0.05) is 0 Å². The summed E-state index contributed by atoms with van der Waals surface area (Å²) in [6.45, 7) is 0. The van der Waals surface area contributed by atoms with E-state index in [2.05, 4.69) is 12.6 Å². The van der Waals surface area contributed by atoms with E-state index in [1.54, 1.807) is 4.57 Å². The summed E-state index contributed by atoms with van der Waals surface area (Å²) in [6.07, 6.45) is 2.03. The number of hydrogen-bond acceptors (Lipinski definition) is 3. The highest BCUT2D eigenvalue weighted by molar-refractivity contribution is 7.80. The number of nitrogens with zero attached hydrogens (tertiary/aromatic N) is 2. The van der Waals surface area contributed by atoms with Crippen LogP contribution in [0.1, 0.15) is 24.4 Å². The lowest BCUT2D eigenvalue weighted by atomic mass is 10.3. The van der Waals surface area contributed by atoms with Crippen LogP contribution in [0.3, 0.4) is 0 Å². The van der Waals surface area contributed by atoms with Gasteiger partial charge >= 0.3 is 0 Å². The van der Waals surface area contributed by atoms with Crippen molar-refractivity contribution >= 4 is 12.6 Å². The Morgan fingerprint density at radius 1 is 1.54 bits per heavy atom. The van der Waals surface area contributed by atoms with Crippen molar-refractivity contribution in [1.29, 1.82) is 5.26 Å². The maximum Gasteiger partial charge on any atom is 0.251 e. The molecule has 0 bridgehead atoms. The van der Waals surface area contributed by atoms with Crippen molar-refractivity contribution in [1.82, 2.24) is 4.57 Å². The van der Waals surface area contributed by atoms with Crippen molar-refractivity contribution in [3.8, 4) is 6.07 Å². The van der Waals surface area contributed by atoms with Crippen LogP contribution in [0.15, 0.2) is 22.0 Å². The summed E-state index contributed by atoms with van der Waals surface area (Å²) in [7, 11) is 0. The van der Waals surface area contributed by atoms with Crippen LogP contribution in [-0.2, 0) is 0 Å². The predicted octanol–water partition coefficient (Wildman–Crippen LogP) is 1.34. The molecule has 0 amide bonds. The Balaban J connectivity index is 2.65. The molecule has 0 atom stereocenters. The maximum atomic E-state index is 11.4. The largest absolute Gasteiger partial charge is 0.299 e. The van der Waals surface area contributed by atoms with Gasteiger partial charge in [-0.15, -0.1) is 12.6 Å². The first-order chi connectivity index (χ1) is 6.24. The molecule has 0 N–H and O–H groups in total. The van der Waals surface area contributed by atoms with Gasteiger partial charge in [0.1, 0.15) is 6.07 Å². The Morgan fingerprint density at radius 3 is 2.77 bits per heavy atom. The second kappa shape index (κ2) is 2.93. The molecule has 1 aromatic rings. The highest BCUT2D eigenvalue weighted by Gasteiger charge is 2.26. The zero-order chi connectivity index (χ0) is 9.42. The fourth-order valence-electron chi connectivity index (χ4n) is 1.32. The molecule has 1 aromatic heterocycles. The Labute approximate surface area is 81.0 Å². The topological polar surface area (TPSA) is 45.8 Å². The molecule has 1 aliphatic carbocycles. The van der Waals surface area contributed by atoms with Gasteiger partial charge in [0.15, 0.2) is 0 Å². The Morgan fingerprint density at radius 2 is 2.23 bits per heavy atom. The normalized spacial score (nSPS) is 15.4. The molecule has 1 aliphatic rings. The minimum atomic E-state index is -0.0634. The van der Waals surface area contributed by atoms with E-state index in [9.17, 15) is 4.79 Å². The van der Waals surface area contributed by atoms with Crippen LogP contribution in [0.25, 0.3) is 0 Å². The van der Waals surface area contributed by atoms with Crippen LogP contribution in [0.4, 0.5) is 0 Å². The van der Waals surface area contributed by atoms with Crippen molar-refractivity contribution in [2.75, 3.05) is 0 Å². The monoisotopic (exact) mass is 192 g/mol. The second-order valence-corrected chi connectivity index (χ2v) is 3.55. The van der Waals surface area contributed by atoms with Gasteiger partial charge in [0.05, 0.1) is 10.6 Å². The molecule has 0 unspecified atom stereocenters. The van der Waals surface area contributed by atoms with Gasteiger partial charge in [-0.05, 0) is 18.9 Å². The maximum absolute atomic E-state index is 11.4. The highest BCUT2D eigenvalue weighted by Crippen LogP contribution is 2.35. The minimum absolute atomic E-state index is 0.0634. The van der Waals surface area contributed by atoms with Crippen LogP contribution in [0.5, 0.6) is 0 Å². The highest BCUT2D eigenvalue weighted by atomic mass is 32.1. The van der Waals surface area contributed by atoms with Gasteiger partial charge < -0.3 is 0 Å². The van der Waals surface area contributed by atoms with Crippen molar-refractivity contribution in [3.63, 3.8) is 0 Å². The molecule has 66 valence electrons. The van der Waals surface area contributed by atoms with E-state index in [0.29, 0.717) is 10.6 Å². The third-order valence-electron chi connectivity index (χ3n) is 2.13. The van der Waals surface area contributed by atoms with E-state index >= 15 is 0 Å². The van der Waals surface area contributed by atoms with E-state index in [1.807, 2.05) is 6.07 Å². The predicted molar refractivity (Wildman–Crippen MR) is 50.9 cm³/mol. The Kier molecular flexibility index (Phi) is 1.89. The van der Waals surface area contributed by atoms with Gasteiger partial charge in [-0.25, -0.2) is 0 Å². The molecule has 1 heterocycles. The van der Waals surface area contributed by atoms with Crippen molar-refractivity contribution in [3.05, 3.63) is 28.0 Å². The molecule has 0 spiro atoms. The molecule has 3 nitrogen and oxygen atoms in total. The van der Waals surface area contributed by atoms with Gasteiger partial charge in [-0.3, -0.25) is 9.36 Å². The summed E-state index contributed by atoms with van der Waals surface area (Å²) in [4.78, 5) is 11.4. The van der Waals surface area contributed by atoms with Crippen LogP contribution in [0, 0.1) is 11.3 Å². The minimum Gasteiger partial charge on any atom is -0.299 e. The molecule has 1 saturated carbocycles. The number of pyridine rings is 1. The molecule has 2 rings (SSSR count). The molecule has 0 saturated heterocycles. The SMILES string of the molecule is N#Cc1ccc(=O)n(C2CC2)c1S. The zero-order valence-corrected chi connectivity index (χ0v) is 7.79. The Hall–Kier alpha value is -1.21. The summed E-state index contributed by atoms with van der Waals surface area (Å²) in [5.74, 6) is 0. The lowest BCUT2D eigenvalue weighted by molar-refractivity contribution is 0.640. The van der Waals surface area contributed by atoms with Crippen LogP contribution in [0.2, 0.25) is 0 Å². The van der Waals surface area contributed by atoms with E-state index < -0.39 is 0 Å². The summed E-state index contributed by atoms with van der Waals surface area (Å²) >= 11 is 4.18. The van der Waals surface area contributed by atoms with E-state index in [-0.39, 0.29) is 11.6 Å². The van der Waals surface area contributed by atoms with Crippen molar-refractivity contribution < 1.29 is 0 Å². The quantitative estimate of drug-likeness (QED) is 0.682. The molecule has 13 heavy (non-hydrogen) atoms. The van der Waals surface area contributed by atoms with Crippen molar-refractivity contribution in [2.24, 2.45) is 0 Å². The molecular formula is C9H8N2OS. The van der Waals surface area contributed by atoms with Gasteiger partial charge in [0.2, 0.25) is 0 Å². The third-order valence-corrected chi connectivity index (χ3v) is 2.59. The van der Waals surface area contributed by atoms with E-state index in [1.165, 1.54) is 12.1 Å². The van der Waals surface area contributed by atoms with E-state index in [4.69, 9.17) is 5.26 Å². The number of thiol groups is 1. The summed E-state index contributed by atoms with van der Waals surface area (Å²) < 4.78 is 1.60. The first-order valence-electron chi connectivity index (χ1n) is 4.08. The number of hydrogen-bond donors (Lipinski definition) is 1. The molecule has 0 aromatic carbocycles. The van der Waals surface area contributed by atoms with Gasteiger partial charge in [0, 0.05) is 12.1 Å². The molecule has 0 radical (unpaired) electrons. The molecular weight excluding hydrogens is 184 g/mol. The molecule has 4 heteroatoms. The summed E-state index contributed by atoms with van der Waals surface area (Å²) in [6, 6.07) is 5.23. The fraction of sp³-hybridized carbons (Fsp3) is 0.333. The third kappa shape index (κ3) is 1.36. The van der Waals surface area contributed by atoms with Gasteiger partial charge in [0.25, 0.3) is 5.56 Å². The average Bonchev–Trinajstić information content (AvgIpc) is 2.89. The first kappa shape index (κ1) is 8.39. The van der Waals surface area contributed by atoms with Crippen LogP contribution < -0.4 is 5.56 Å². The Bertz CT molecular complexity index is 440. The van der Waals surface area contributed by atoms with E-state index in [0.717, 1.165) is 12.8 Å².